The lowest BCUT2D eigenvalue weighted by Crippen LogP contribution is -2.03. The number of furan rings is 1. The summed E-state index contributed by atoms with van der Waals surface area (Å²) in [5, 5.41) is 9.93. The van der Waals surface area contributed by atoms with Gasteiger partial charge in [0.2, 0.25) is 5.76 Å². The van der Waals surface area contributed by atoms with Crippen LogP contribution < -0.4 is 0 Å². The van der Waals surface area contributed by atoms with Crippen molar-refractivity contribution in [1.82, 2.24) is 0 Å². The molecule has 1 N–H and O–H groups in total. The van der Waals surface area contributed by atoms with Gasteiger partial charge >= 0.3 is 5.97 Å². The van der Waals surface area contributed by atoms with Crippen LogP contribution in [0.3, 0.4) is 0 Å². The summed E-state index contributed by atoms with van der Waals surface area (Å²) in [6.07, 6.45) is -1.24. The predicted molar refractivity (Wildman–Crippen MR) is 65.1 cm³/mol. The van der Waals surface area contributed by atoms with Gasteiger partial charge in [-0.25, -0.2) is 13.6 Å². The van der Waals surface area contributed by atoms with E-state index in [4.69, 9.17) is 4.42 Å². The molecule has 0 radical (unpaired) electrons. The molecule has 0 aliphatic carbocycles. The van der Waals surface area contributed by atoms with E-state index in [1.807, 2.05) is 0 Å². The summed E-state index contributed by atoms with van der Waals surface area (Å²) in [5.41, 5.74) is 0.148. The molecular formula is C14H12F2O4. The van der Waals surface area contributed by atoms with Crippen LogP contribution in [0.15, 0.2) is 34.7 Å². The first kappa shape index (κ1) is 14.2. The van der Waals surface area contributed by atoms with Crippen LogP contribution in [0.5, 0.6) is 0 Å². The highest BCUT2D eigenvalue weighted by atomic mass is 19.1. The van der Waals surface area contributed by atoms with Gasteiger partial charge in [0.15, 0.2) is 0 Å². The molecule has 4 nitrogen and oxygen atoms in total. The van der Waals surface area contributed by atoms with Gasteiger partial charge in [-0.3, -0.25) is 0 Å². The number of ether oxygens (including phenoxy) is 1. The maximum atomic E-state index is 13.5. The minimum Gasteiger partial charge on any atom is -0.463 e. The van der Waals surface area contributed by atoms with Gasteiger partial charge in [-0.2, -0.15) is 0 Å². The molecule has 0 saturated heterocycles. The molecule has 0 spiro atoms. The van der Waals surface area contributed by atoms with E-state index in [9.17, 15) is 18.7 Å². The number of esters is 1. The van der Waals surface area contributed by atoms with Crippen LogP contribution in [0.1, 0.15) is 28.0 Å². The number of aliphatic hydroxyl groups is 1. The highest BCUT2D eigenvalue weighted by Crippen LogP contribution is 2.22. The summed E-state index contributed by atoms with van der Waals surface area (Å²) in [6, 6.07) is 5.85. The quantitative estimate of drug-likeness (QED) is 0.876. The Morgan fingerprint density at radius 1 is 1.35 bits per heavy atom. The molecule has 106 valence electrons. The first-order valence-corrected chi connectivity index (χ1v) is 5.81. The van der Waals surface area contributed by atoms with Gasteiger partial charge < -0.3 is 14.3 Å². The SMILES string of the molecule is COC(=O)c1ccc(C(O)Cc2ccc(F)cc2F)o1. The topological polar surface area (TPSA) is 59.7 Å². The van der Waals surface area contributed by atoms with Crippen LogP contribution in [-0.4, -0.2) is 18.2 Å². The number of carbonyl (C=O) groups excluding carboxylic acids is 1. The molecule has 6 heteroatoms. The lowest BCUT2D eigenvalue weighted by molar-refractivity contribution is 0.0554. The Balaban J connectivity index is 2.13. The molecule has 0 fully saturated rings. The van der Waals surface area contributed by atoms with Crippen molar-refractivity contribution in [1.29, 1.82) is 0 Å². The van der Waals surface area contributed by atoms with Crippen molar-refractivity contribution in [3.8, 4) is 0 Å². The lowest BCUT2D eigenvalue weighted by Gasteiger charge is -2.08. The van der Waals surface area contributed by atoms with Crippen molar-refractivity contribution in [2.45, 2.75) is 12.5 Å². The van der Waals surface area contributed by atoms with Crippen LogP contribution >= 0.6 is 0 Å². The Morgan fingerprint density at radius 3 is 2.75 bits per heavy atom. The second-order valence-electron chi connectivity index (χ2n) is 4.15. The highest BCUT2D eigenvalue weighted by Gasteiger charge is 2.18. The third-order valence-corrected chi connectivity index (χ3v) is 2.77. The molecule has 2 aromatic rings. The van der Waals surface area contributed by atoms with Crippen LogP contribution in [0.4, 0.5) is 8.78 Å². The van der Waals surface area contributed by atoms with E-state index in [0.29, 0.717) is 0 Å². The summed E-state index contributed by atoms with van der Waals surface area (Å²) < 4.78 is 35.8. The molecule has 0 amide bonds. The van der Waals surface area contributed by atoms with Gasteiger partial charge in [0.05, 0.1) is 7.11 Å². The average molecular weight is 282 g/mol. The number of hydrogen-bond acceptors (Lipinski definition) is 4. The van der Waals surface area contributed by atoms with E-state index < -0.39 is 23.7 Å². The number of methoxy groups -OCH3 is 1. The summed E-state index contributed by atoms with van der Waals surface area (Å²) >= 11 is 0. The zero-order chi connectivity index (χ0) is 14.7. The van der Waals surface area contributed by atoms with Gasteiger partial charge in [0.1, 0.15) is 23.5 Å². The third kappa shape index (κ3) is 3.03. The molecule has 0 bridgehead atoms. The fourth-order valence-electron chi connectivity index (χ4n) is 1.74. The monoisotopic (exact) mass is 282 g/mol. The number of halogens is 2. The van der Waals surface area contributed by atoms with Crippen LogP contribution in [-0.2, 0) is 11.2 Å². The van der Waals surface area contributed by atoms with Crippen molar-refractivity contribution in [3.63, 3.8) is 0 Å². The standard InChI is InChI=1S/C14H12F2O4/c1-19-14(18)13-5-4-12(20-13)11(17)6-8-2-3-9(15)7-10(8)16/h2-5,7,11,17H,6H2,1H3. The second-order valence-corrected chi connectivity index (χ2v) is 4.15. The van der Waals surface area contributed by atoms with Crippen LogP contribution in [0, 0.1) is 11.6 Å². The van der Waals surface area contributed by atoms with Crippen molar-refractivity contribution in [2.75, 3.05) is 7.11 Å². The van der Waals surface area contributed by atoms with E-state index in [1.54, 1.807) is 0 Å². The Bertz CT molecular complexity index is 621. The molecule has 0 aliphatic rings. The third-order valence-electron chi connectivity index (χ3n) is 2.77. The molecule has 1 aromatic carbocycles. The largest absolute Gasteiger partial charge is 0.463 e. The molecule has 0 aliphatic heterocycles. The Hall–Kier alpha value is -2.21. The normalized spacial score (nSPS) is 12.2. The minimum atomic E-state index is -1.15. The fourth-order valence-corrected chi connectivity index (χ4v) is 1.74. The summed E-state index contributed by atoms with van der Waals surface area (Å²) in [7, 11) is 1.20. The molecule has 1 heterocycles. The molecule has 1 atom stereocenters. The first-order valence-electron chi connectivity index (χ1n) is 5.81. The maximum Gasteiger partial charge on any atom is 0.373 e. The van der Waals surface area contributed by atoms with E-state index in [2.05, 4.69) is 4.74 Å². The van der Waals surface area contributed by atoms with E-state index in [-0.39, 0.29) is 23.5 Å². The summed E-state index contributed by atoms with van der Waals surface area (Å²) in [5.74, 6) is -2.05. The van der Waals surface area contributed by atoms with Crippen LogP contribution in [0.2, 0.25) is 0 Å². The van der Waals surface area contributed by atoms with E-state index >= 15 is 0 Å². The molecule has 20 heavy (non-hydrogen) atoms. The number of aliphatic hydroxyl groups excluding tert-OH is 1. The minimum absolute atomic E-state index is 0.0545. The van der Waals surface area contributed by atoms with Gasteiger partial charge in [-0.05, 0) is 23.8 Å². The van der Waals surface area contributed by atoms with Gasteiger partial charge in [0, 0.05) is 12.5 Å². The van der Waals surface area contributed by atoms with E-state index in [0.717, 1.165) is 12.1 Å². The molecule has 2 rings (SSSR count). The number of carbonyl (C=O) groups is 1. The van der Waals surface area contributed by atoms with Crippen molar-refractivity contribution in [3.05, 3.63) is 59.1 Å². The van der Waals surface area contributed by atoms with Crippen molar-refractivity contribution >= 4 is 5.97 Å². The Kier molecular flexibility index (Phi) is 4.14. The van der Waals surface area contributed by atoms with Crippen LogP contribution in [0.25, 0.3) is 0 Å². The highest BCUT2D eigenvalue weighted by molar-refractivity contribution is 5.86. The Morgan fingerprint density at radius 2 is 2.10 bits per heavy atom. The zero-order valence-electron chi connectivity index (χ0n) is 10.6. The van der Waals surface area contributed by atoms with Crippen molar-refractivity contribution < 1.29 is 27.8 Å². The van der Waals surface area contributed by atoms with Gasteiger partial charge in [0.25, 0.3) is 0 Å². The maximum absolute atomic E-state index is 13.5. The summed E-state index contributed by atoms with van der Waals surface area (Å²) in [4.78, 5) is 11.2. The number of benzene rings is 1. The molecule has 1 unspecified atom stereocenters. The lowest BCUT2D eigenvalue weighted by atomic mass is 10.1. The van der Waals surface area contributed by atoms with Crippen molar-refractivity contribution in [2.24, 2.45) is 0 Å². The average Bonchev–Trinajstić information content (AvgIpc) is 2.90. The predicted octanol–water partition coefficient (Wildman–Crippen LogP) is 2.62. The summed E-state index contributed by atoms with van der Waals surface area (Å²) in [6.45, 7) is 0. The van der Waals surface area contributed by atoms with E-state index in [1.165, 1.54) is 25.3 Å². The zero-order valence-corrected chi connectivity index (χ0v) is 10.6. The van der Waals surface area contributed by atoms with Gasteiger partial charge in [-0.15, -0.1) is 0 Å². The molecule has 0 saturated carbocycles. The fraction of sp³-hybridized carbons (Fsp3) is 0.214. The van der Waals surface area contributed by atoms with Gasteiger partial charge in [-0.1, -0.05) is 6.07 Å². The Labute approximate surface area is 113 Å². The molecule has 1 aromatic heterocycles. The molecular weight excluding hydrogens is 270 g/mol. The first-order chi connectivity index (χ1) is 9.51. The smallest absolute Gasteiger partial charge is 0.373 e. The number of hydrogen-bond donors (Lipinski definition) is 1. The second kappa shape index (κ2) is 5.83. The number of rotatable bonds is 4.